The van der Waals surface area contributed by atoms with Crippen LogP contribution in [-0.4, -0.2) is 45.5 Å². The molecule has 7 heteroatoms. The van der Waals surface area contributed by atoms with E-state index in [2.05, 4.69) is 10.2 Å². The van der Waals surface area contributed by atoms with Crippen molar-refractivity contribution in [2.24, 2.45) is 0 Å². The zero-order chi connectivity index (χ0) is 14.1. The van der Waals surface area contributed by atoms with E-state index in [1.165, 1.54) is 6.07 Å². The van der Waals surface area contributed by atoms with Gasteiger partial charge < -0.3 is 19.7 Å². The van der Waals surface area contributed by atoms with Crippen molar-refractivity contribution < 1.29 is 13.9 Å². The molecule has 3 rings (SSSR count). The van der Waals surface area contributed by atoms with Crippen molar-refractivity contribution in [3.63, 3.8) is 0 Å². The summed E-state index contributed by atoms with van der Waals surface area (Å²) in [6, 6.07) is 3.36. The van der Waals surface area contributed by atoms with Crippen molar-refractivity contribution in [2.75, 3.05) is 38.3 Å². The first-order valence-electron chi connectivity index (χ1n) is 6.81. The molecule has 0 bridgehead atoms. The summed E-state index contributed by atoms with van der Waals surface area (Å²) in [6.07, 6.45) is 0.767. The van der Waals surface area contributed by atoms with Crippen LogP contribution in [0.5, 0.6) is 5.75 Å². The van der Waals surface area contributed by atoms with E-state index >= 15 is 0 Å². The molecular weight excluding hydrogens is 318 g/mol. The van der Waals surface area contributed by atoms with Crippen molar-refractivity contribution in [3.8, 4) is 5.75 Å². The van der Waals surface area contributed by atoms with Gasteiger partial charge in [0.15, 0.2) is 0 Å². The molecule has 118 valence electrons. The lowest BCUT2D eigenvalue weighted by molar-refractivity contribution is 0.0744. The Morgan fingerprint density at radius 2 is 2.33 bits per heavy atom. The van der Waals surface area contributed by atoms with Crippen LogP contribution in [0.1, 0.15) is 6.42 Å². The normalized spacial score (nSPS) is 24.2. The monoisotopic (exact) mass is 336 g/mol. The fraction of sp³-hybridized carbons (Fsp3) is 0.571. The van der Waals surface area contributed by atoms with Crippen LogP contribution < -0.4 is 15.0 Å². The van der Waals surface area contributed by atoms with Gasteiger partial charge in [0, 0.05) is 45.3 Å². The number of benzene rings is 1. The van der Waals surface area contributed by atoms with E-state index in [0.29, 0.717) is 18.4 Å². The molecular formula is C14H19Cl2FN2O2. The second kappa shape index (κ2) is 7.01. The summed E-state index contributed by atoms with van der Waals surface area (Å²) in [5.41, 5.74) is 0.876. The van der Waals surface area contributed by atoms with E-state index in [0.717, 1.165) is 31.7 Å². The first-order valence-corrected chi connectivity index (χ1v) is 7.19. The predicted molar refractivity (Wildman–Crippen MR) is 83.6 cm³/mol. The van der Waals surface area contributed by atoms with E-state index in [1.54, 1.807) is 13.2 Å². The van der Waals surface area contributed by atoms with E-state index in [-0.39, 0.29) is 23.5 Å². The second-order valence-corrected chi connectivity index (χ2v) is 5.62. The van der Waals surface area contributed by atoms with Crippen LogP contribution in [0.25, 0.3) is 0 Å². The Balaban J connectivity index is 0.00000161. The largest absolute Gasteiger partial charge is 0.486 e. The third-order valence-electron chi connectivity index (χ3n) is 3.84. The van der Waals surface area contributed by atoms with E-state index in [9.17, 15) is 4.39 Å². The number of halogens is 3. The Hall–Kier alpha value is -0.750. The lowest BCUT2D eigenvalue weighted by Crippen LogP contribution is -2.52. The summed E-state index contributed by atoms with van der Waals surface area (Å²) in [4.78, 5) is 2.26. The molecule has 2 aliphatic heterocycles. The molecule has 2 atom stereocenters. The number of piperazine rings is 1. The van der Waals surface area contributed by atoms with Gasteiger partial charge in [-0.1, -0.05) is 11.6 Å². The number of rotatable bonds is 2. The van der Waals surface area contributed by atoms with Crippen molar-refractivity contribution in [3.05, 3.63) is 23.0 Å². The highest BCUT2D eigenvalue weighted by atomic mass is 35.5. The maximum absolute atomic E-state index is 13.7. The van der Waals surface area contributed by atoms with Crippen molar-refractivity contribution >= 4 is 29.7 Å². The summed E-state index contributed by atoms with van der Waals surface area (Å²) < 4.78 is 24.8. The summed E-state index contributed by atoms with van der Waals surface area (Å²) in [7, 11) is 1.65. The molecule has 0 unspecified atom stereocenters. The average molecular weight is 337 g/mol. The maximum atomic E-state index is 13.7. The lowest BCUT2D eigenvalue weighted by atomic mass is 10.1. The topological polar surface area (TPSA) is 33.7 Å². The Labute approximate surface area is 134 Å². The fourth-order valence-electron chi connectivity index (χ4n) is 2.94. The summed E-state index contributed by atoms with van der Waals surface area (Å²) in [5.74, 6) is 0.105. The molecule has 1 N–H and O–H groups in total. The van der Waals surface area contributed by atoms with Gasteiger partial charge in [-0.2, -0.15) is 0 Å². The minimum atomic E-state index is -0.449. The average Bonchev–Trinajstić information content (AvgIpc) is 2.57. The molecule has 0 saturated carbocycles. The molecule has 1 fully saturated rings. The number of fused-ring (bicyclic) bond motifs is 3. The molecule has 1 saturated heterocycles. The van der Waals surface area contributed by atoms with Gasteiger partial charge in [0.05, 0.1) is 17.3 Å². The van der Waals surface area contributed by atoms with Gasteiger partial charge in [-0.15, -0.1) is 12.4 Å². The minimum Gasteiger partial charge on any atom is -0.486 e. The molecule has 21 heavy (non-hydrogen) atoms. The predicted octanol–water partition coefficient (Wildman–Crippen LogP) is 2.48. The van der Waals surface area contributed by atoms with Crippen LogP contribution in [0.15, 0.2) is 12.1 Å². The van der Waals surface area contributed by atoms with Gasteiger partial charge in [-0.3, -0.25) is 0 Å². The number of hydrogen-bond acceptors (Lipinski definition) is 4. The minimum absolute atomic E-state index is 0. The zero-order valence-electron chi connectivity index (χ0n) is 11.8. The Morgan fingerprint density at radius 1 is 1.52 bits per heavy atom. The molecule has 2 heterocycles. The van der Waals surface area contributed by atoms with Crippen molar-refractivity contribution in [2.45, 2.75) is 18.6 Å². The zero-order valence-corrected chi connectivity index (χ0v) is 13.3. The smallest absolute Gasteiger partial charge is 0.146 e. The van der Waals surface area contributed by atoms with Gasteiger partial charge in [0.25, 0.3) is 0 Å². The van der Waals surface area contributed by atoms with Gasteiger partial charge in [-0.25, -0.2) is 4.39 Å². The second-order valence-electron chi connectivity index (χ2n) is 5.22. The Kier molecular flexibility index (Phi) is 5.54. The van der Waals surface area contributed by atoms with Gasteiger partial charge in [-0.05, 0) is 6.07 Å². The van der Waals surface area contributed by atoms with Gasteiger partial charge >= 0.3 is 0 Å². The van der Waals surface area contributed by atoms with Crippen molar-refractivity contribution in [1.82, 2.24) is 5.32 Å². The highest BCUT2D eigenvalue weighted by Gasteiger charge is 2.32. The van der Waals surface area contributed by atoms with Crippen LogP contribution in [0, 0.1) is 5.82 Å². The number of hydrogen-bond donors (Lipinski definition) is 1. The molecule has 0 aliphatic carbocycles. The molecule has 2 aliphatic rings. The first kappa shape index (κ1) is 16.6. The summed E-state index contributed by atoms with van der Waals surface area (Å²) in [6.45, 7) is 3.15. The van der Waals surface area contributed by atoms with Crippen LogP contribution in [-0.2, 0) is 4.74 Å². The van der Waals surface area contributed by atoms with Gasteiger partial charge in [0.2, 0.25) is 0 Å². The first-order chi connectivity index (χ1) is 9.69. The molecule has 1 aromatic carbocycles. The third kappa shape index (κ3) is 3.37. The lowest BCUT2D eigenvalue weighted by Gasteiger charge is -2.37. The van der Waals surface area contributed by atoms with Crippen LogP contribution in [0.3, 0.4) is 0 Å². The standard InChI is InChI=1S/C14H18ClFN2O2.ClH/c1-19-8-10-4-9-7-17-2-3-18(9)13-5-11(15)12(16)6-14(13)20-10;/h5-6,9-10,17H,2-4,7-8H2,1H3;1H/t9-,10+;/m1./s1. The van der Waals surface area contributed by atoms with Crippen molar-refractivity contribution in [1.29, 1.82) is 0 Å². The van der Waals surface area contributed by atoms with E-state index in [4.69, 9.17) is 21.1 Å². The summed E-state index contributed by atoms with van der Waals surface area (Å²) >= 11 is 5.93. The maximum Gasteiger partial charge on any atom is 0.146 e. The highest BCUT2D eigenvalue weighted by molar-refractivity contribution is 6.31. The van der Waals surface area contributed by atoms with Crippen LogP contribution in [0.4, 0.5) is 10.1 Å². The molecule has 0 aromatic heterocycles. The van der Waals surface area contributed by atoms with E-state index in [1.807, 2.05) is 0 Å². The Morgan fingerprint density at radius 3 is 3.10 bits per heavy atom. The molecule has 4 nitrogen and oxygen atoms in total. The quantitative estimate of drug-likeness (QED) is 0.899. The van der Waals surface area contributed by atoms with Crippen LogP contribution in [0.2, 0.25) is 5.02 Å². The van der Waals surface area contributed by atoms with Crippen LogP contribution >= 0.6 is 24.0 Å². The molecule has 1 aromatic rings. The number of nitrogens with one attached hydrogen (secondary N) is 1. The molecule has 0 amide bonds. The summed E-state index contributed by atoms with van der Waals surface area (Å²) in [5, 5.41) is 3.52. The van der Waals surface area contributed by atoms with Gasteiger partial charge in [0.1, 0.15) is 17.7 Å². The number of ether oxygens (including phenoxy) is 2. The highest BCUT2D eigenvalue weighted by Crippen LogP contribution is 2.38. The molecule has 0 spiro atoms. The molecule has 0 radical (unpaired) electrons. The SMILES string of the molecule is COC[C@@H]1C[C@@H]2CNCCN2c2cc(Cl)c(F)cc2O1.Cl. The van der Waals surface area contributed by atoms with E-state index < -0.39 is 5.82 Å². The Bertz CT molecular complexity index is 504. The fourth-order valence-corrected chi connectivity index (χ4v) is 3.10. The number of anilines is 1. The third-order valence-corrected chi connectivity index (χ3v) is 4.13. The number of nitrogens with zero attached hydrogens (tertiary/aromatic N) is 1. The number of methoxy groups -OCH3 is 1.